The predicted octanol–water partition coefficient (Wildman–Crippen LogP) is 6.43. The lowest BCUT2D eigenvalue weighted by atomic mass is 9.47. The summed E-state index contributed by atoms with van der Waals surface area (Å²) in [5.41, 5.74) is -5.29. The summed E-state index contributed by atoms with van der Waals surface area (Å²) < 4.78 is 107. The normalized spacial score (nSPS) is 30.3. The third-order valence-corrected chi connectivity index (χ3v) is 18.8. The SMILES string of the molecule is CC[C@]1(OC(=O)C(F)(F)F)C[C@H](COS(=O)(=O)c2ccc(C)cc2)C[C@](C(=O)OC)(c2cc3c(cc2OC)N(C)[C@H]2C(O)(C(=O)OC)[C@H](OC(C)=O)[C@]4(CC)C=CCN5CCC32[C@@H]54)c2[nH]c3ccccc3c2CCN(C)C1. The summed E-state index contributed by atoms with van der Waals surface area (Å²) in [7, 11) is 2.58. The number of benzene rings is 3. The molecule has 4 aromatic rings. The van der Waals surface area contributed by atoms with E-state index in [4.69, 9.17) is 27.9 Å². The summed E-state index contributed by atoms with van der Waals surface area (Å²) in [4.78, 5) is 66.1. The average molecular weight is 1090 g/mol. The molecule has 5 aliphatic rings. The number of aromatic nitrogens is 1. The first-order valence-corrected chi connectivity index (χ1v) is 27.3. The van der Waals surface area contributed by atoms with E-state index in [1.165, 1.54) is 33.3 Å². The van der Waals surface area contributed by atoms with E-state index in [1.807, 2.05) is 49.4 Å². The fourth-order valence-electron chi connectivity index (χ4n) is 14.4. The number of H-pyrrole nitrogens is 1. The molecule has 0 radical (unpaired) electrons. The van der Waals surface area contributed by atoms with Crippen LogP contribution in [0.1, 0.15) is 80.8 Å². The van der Waals surface area contributed by atoms with Gasteiger partial charge in [0.25, 0.3) is 10.1 Å². The minimum absolute atomic E-state index is 0.114. The molecule has 1 aliphatic carbocycles. The van der Waals surface area contributed by atoms with Crippen LogP contribution in [0.5, 0.6) is 5.75 Å². The van der Waals surface area contributed by atoms with Crippen LogP contribution in [0.15, 0.2) is 77.7 Å². The van der Waals surface area contributed by atoms with Gasteiger partial charge in [-0.25, -0.2) is 9.59 Å². The number of anilines is 1. The molecule has 0 bridgehead atoms. The number of nitrogens with zero attached hydrogens (tertiary/aromatic N) is 3. The Labute approximate surface area is 446 Å². The molecule has 9 atom stereocenters. The molecule has 5 heterocycles. The van der Waals surface area contributed by atoms with Gasteiger partial charge in [-0.15, -0.1) is 0 Å². The van der Waals surface area contributed by atoms with Gasteiger partial charge in [0.15, 0.2) is 6.10 Å². The van der Waals surface area contributed by atoms with E-state index < -0.39 is 111 Å². The number of rotatable bonds is 12. The summed E-state index contributed by atoms with van der Waals surface area (Å²) in [6, 6.07) is 15.1. The van der Waals surface area contributed by atoms with E-state index in [9.17, 15) is 41.1 Å². The Hall–Kier alpha value is -6.00. The Morgan fingerprint density at radius 1 is 0.896 bits per heavy atom. The number of esters is 4. The highest BCUT2D eigenvalue weighted by atomic mass is 32.2. The summed E-state index contributed by atoms with van der Waals surface area (Å²) in [5, 5.41) is 14.2. The van der Waals surface area contributed by atoms with Crippen molar-refractivity contribution >= 4 is 50.6 Å². The van der Waals surface area contributed by atoms with Crippen molar-refractivity contribution in [1.29, 1.82) is 0 Å². The van der Waals surface area contributed by atoms with Crippen molar-refractivity contribution in [2.75, 3.05) is 73.1 Å². The number of carbonyl (C=O) groups excluding carboxylic acids is 4. The number of fused-ring (bicyclic) bond motifs is 4. The van der Waals surface area contributed by atoms with Gasteiger partial charge in [-0.2, -0.15) is 21.6 Å². The van der Waals surface area contributed by atoms with Crippen LogP contribution in [0.2, 0.25) is 0 Å². The molecule has 17 nitrogen and oxygen atoms in total. The van der Waals surface area contributed by atoms with Gasteiger partial charge in [-0.05, 0) is 100 Å². The lowest BCUT2D eigenvalue weighted by molar-refractivity contribution is -0.228. The number of methoxy groups -OCH3 is 3. The number of alkyl halides is 3. The van der Waals surface area contributed by atoms with Gasteiger partial charge < -0.3 is 43.6 Å². The molecule has 21 heteroatoms. The number of carbonyl (C=O) groups is 4. The molecule has 1 saturated carbocycles. The lowest BCUT2D eigenvalue weighted by Gasteiger charge is -2.63. The van der Waals surface area contributed by atoms with Crippen molar-refractivity contribution in [2.45, 2.75) is 118 Å². The van der Waals surface area contributed by atoms with Crippen molar-refractivity contribution in [2.24, 2.45) is 11.3 Å². The van der Waals surface area contributed by atoms with E-state index in [0.717, 1.165) is 12.7 Å². The molecule has 4 aliphatic heterocycles. The number of hydrogen-bond donors (Lipinski definition) is 2. The first-order chi connectivity index (χ1) is 36.4. The van der Waals surface area contributed by atoms with Gasteiger partial charge in [0, 0.05) is 84.4 Å². The number of likely N-dealkylation sites (N-methyl/N-ethyl adjacent to an activating group) is 2. The highest BCUT2D eigenvalue weighted by molar-refractivity contribution is 7.86. The number of halogens is 3. The molecule has 77 heavy (non-hydrogen) atoms. The Morgan fingerprint density at radius 3 is 2.23 bits per heavy atom. The number of hydrogen-bond acceptors (Lipinski definition) is 16. The zero-order valence-electron chi connectivity index (χ0n) is 44.7. The van der Waals surface area contributed by atoms with E-state index in [0.29, 0.717) is 59.3 Å². The summed E-state index contributed by atoms with van der Waals surface area (Å²) >= 11 is 0. The third-order valence-electron chi connectivity index (χ3n) is 17.5. The minimum atomic E-state index is -5.40. The van der Waals surface area contributed by atoms with Crippen LogP contribution in [0.3, 0.4) is 0 Å². The molecule has 1 aromatic heterocycles. The van der Waals surface area contributed by atoms with E-state index in [-0.39, 0.29) is 42.1 Å². The zero-order valence-corrected chi connectivity index (χ0v) is 45.6. The van der Waals surface area contributed by atoms with Crippen molar-refractivity contribution < 1.29 is 73.7 Å². The van der Waals surface area contributed by atoms with Crippen molar-refractivity contribution in [3.63, 3.8) is 0 Å². The maximum Gasteiger partial charge on any atom is 0.490 e. The van der Waals surface area contributed by atoms with Crippen LogP contribution in [0.25, 0.3) is 10.9 Å². The van der Waals surface area contributed by atoms with Crippen molar-refractivity contribution in [1.82, 2.24) is 14.8 Å². The Bertz CT molecular complexity index is 3130. The van der Waals surface area contributed by atoms with Crippen LogP contribution in [0.4, 0.5) is 18.9 Å². The molecule has 9 rings (SSSR count). The summed E-state index contributed by atoms with van der Waals surface area (Å²) in [6.45, 7) is 6.67. The number of aromatic amines is 1. The molecule has 1 spiro atoms. The summed E-state index contributed by atoms with van der Waals surface area (Å²) in [6.07, 6.45) is -3.18. The molecular formula is C56H67F3N4O13S. The van der Waals surface area contributed by atoms with Crippen LogP contribution < -0.4 is 9.64 Å². The smallest absolute Gasteiger partial charge is 0.490 e. The fraction of sp³-hybridized carbons (Fsp3) is 0.536. The second kappa shape index (κ2) is 20.0. The van der Waals surface area contributed by atoms with Gasteiger partial charge in [0.1, 0.15) is 16.8 Å². The molecular weight excluding hydrogens is 1030 g/mol. The Morgan fingerprint density at radius 2 is 1.60 bits per heavy atom. The van der Waals surface area contributed by atoms with Crippen LogP contribution in [-0.2, 0) is 69.7 Å². The van der Waals surface area contributed by atoms with Crippen molar-refractivity contribution in [3.05, 3.63) is 101 Å². The van der Waals surface area contributed by atoms with Gasteiger partial charge in [-0.1, -0.05) is 61.9 Å². The fourth-order valence-corrected chi connectivity index (χ4v) is 15.4. The van der Waals surface area contributed by atoms with Gasteiger partial charge >= 0.3 is 30.1 Å². The third kappa shape index (κ3) is 8.69. The van der Waals surface area contributed by atoms with E-state index in [1.54, 1.807) is 55.9 Å². The number of ether oxygens (including phenoxy) is 5. The first kappa shape index (κ1) is 55.7. The van der Waals surface area contributed by atoms with E-state index in [2.05, 4.69) is 9.88 Å². The molecule has 3 aromatic carbocycles. The van der Waals surface area contributed by atoms with E-state index >= 15 is 4.79 Å². The predicted molar refractivity (Wildman–Crippen MR) is 276 cm³/mol. The first-order valence-electron chi connectivity index (χ1n) is 25.9. The van der Waals surface area contributed by atoms with Gasteiger partial charge in [0.2, 0.25) is 5.60 Å². The topological polar surface area (TPSA) is 204 Å². The molecule has 1 saturated heterocycles. The number of aryl methyl sites for hydroxylation is 1. The van der Waals surface area contributed by atoms with Crippen LogP contribution in [0, 0.1) is 18.3 Å². The van der Waals surface area contributed by atoms with Crippen LogP contribution >= 0.6 is 0 Å². The Balaban J connectivity index is 1.36. The number of aliphatic hydroxyl groups is 1. The monoisotopic (exact) mass is 1090 g/mol. The van der Waals surface area contributed by atoms with Gasteiger partial charge in [-0.3, -0.25) is 18.7 Å². The number of nitrogens with one attached hydrogen (secondary N) is 1. The maximum absolute atomic E-state index is 16.0. The molecule has 0 amide bonds. The average Bonchev–Trinajstić information content (AvgIpc) is 3.42. The largest absolute Gasteiger partial charge is 0.496 e. The lowest BCUT2D eigenvalue weighted by Crippen LogP contribution is -2.81. The van der Waals surface area contributed by atoms with Gasteiger partial charge in [0.05, 0.1) is 38.9 Å². The standard InChI is InChI=1S/C56H67F3N4O13S/c1-10-51(76-50(67)56(57,58)59)29-35(31-74-77(69,70)36-19-17-33(3)18-20-36)30-54(48(65)72-8,44-38(21-25-61(5)32-51)37-15-12-13-16-41(37)60-44)40-27-39-42(28-43(40)71-7)62(6)46-53(39)23-26-63-24-14-22-52(11-2,45(53)63)47(75-34(4)64)55(46,68)49(66)73-9/h12-20,22,27-28,35,45-47,60,68H,10-11,21,23-26,29-32H2,1-9H3/t35-,45-,46+,47+,51-,52+,53?,54-,55?/m0/s1. The Kier molecular flexibility index (Phi) is 14.5. The minimum Gasteiger partial charge on any atom is -0.496 e. The zero-order chi connectivity index (χ0) is 55.8. The highest BCUT2D eigenvalue weighted by Crippen LogP contribution is 2.68. The molecule has 2 fully saturated rings. The van der Waals surface area contributed by atoms with Crippen molar-refractivity contribution in [3.8, 4) is 5.75 Å². The molecule has 2 N–H and O–H groups in total. The maximum atomic E-state index is 16.0. The highest BCUT2D eigenvalue weighted by Gasteiger charge is 2.80. The second-order valence-electron chi connectivity index (χ2n) is 21.6. The quantitative estimate of drug-likeness (QED) is 0.0679. The molecule has 2 unspecified atom stereocenters. The number of para-hydroxylation sites is 1. The second-order valence-corrected chi connectivity index (χ2v) is 23.2. The summed E-state index contributed by atoms with van der Waals surface area (Å²) in [5.74, 6) is -6.18. The van der Waals surface area contributed by atoms with Crippen LogP contribution in [-0.4, -0.2) is 156 Å². The molecule has 416 valence electrons.